The van der Waals surface area contributed by atoms with Crippen LogP contribution in [0.15, 0.2) is 0 Å². The molecule has 1 heterocycles. The van der Waals surface area contributed by atoms with Gasteiger partial charge in [0, 0.05) is 25.7 Å². The predicted octanol–water partition coefficient (Wildman–Crippen LogP) is -2.16. The Labute approximate surface area is 154 Å². The largest absolute Gasteiger partial charge is 0.369 e. The van der Waals surface area contributed by atoms with Gasteiger partial charge < -0.3 is 15.5 Å². The molecule has 0 aromatic heterocycles. The van der Waals surface area contributed by atoms with E-state index >= 15 is 0 Å². The SMILES string of the molecule is CC(C)N(CCNS(C)(=O)=O)C(=O)[C@H](C)N1CC[C@H](NCC(N)=O)C1=O. The Hall–Kier alpha value is -1.72. The van der Waals surface area contributed by atoms with Crippen LogP contribution in [-0.4, -0.2) is 86.5 Å². The van der Waals surface area contributed by atoms with Gasteiger partial charge in [-0.3, -0.25) is 19.7 Å². The lowest BCUT2D eigenvalue weighted by Crippen LogP contribution is -2.53. The molecule has 4 N–H and O–H groups in total. The topological polar surface area (TPSA) is 142 Å². The van der Waals surface area contributed by atoms with E-state index in [1.54, 1.807) is 11.8 Å². The number of likely N-dealkylation sites (tertiary alicyclic amines) is 1. The maximum Gasteiger partial charge on any atom is 0.245 e. The van der Waals surface area contributed by atoms with Crippen LogP contribution in [0.25, 0.3) is 0 Å². The summed E-state index contributed by atoms with van der Waals surface area (Å²) in [7, 11) is -3.34. The van der Waals surface area contributed by atoms with Crippen LogP contribution in [0.4, 0.5) is 0 Å². The van der Waals surface area contributed by atoms with E-state index in [9.17, 15) is 22.8 Å². The quantitative estimate of drug-likeness (QED) is 0.387. The van der Waals surface area contributed by atoms with Crippen molar-refractivity contribution in [1.82, 2.24) is 19.8 Å². The first kappa shape index (κ1) is 22.3. The number of amides is 3. The van der Waals surface area contributed by atoms with Crippen LogP contribution in [0, 0.1) is 0 Å². The summed E-state index contributed by atoms with van der Waals surface area (Å²) in [6.45, 7) is 5.92. The van der Waals surface area contributed by atoms with E-state index < -0.39 is 28.0 Å². The molecule has 26 heavy (non-hydrogen) atoms. The fraction of sp³-hybridized carbons (Fsp3) is 0.800. The van der Waals surface area contributed by atoms with Crippen molar-refractivity contribution in [3.8, 4) is 0 Å². The number of nitrogens with two attached hydrogens (primary N) is 1. The van der Waals surface area contributed by atoms with Crippen LogP contribution in [-0.2, 0) is 24.4 Å². The van der Waals surface area contributed by atoms with E-state index in [1.807, 2.05) is 13.8 Å². The highest BCUT2D eigenvalue weighted by Crippen LogP contribution is 2.17. The Balaban J connectivity index is 2.70. The number of carbonyl (C=O) groups is 3. The molecule has 1 saturated heterocycles. The Kier molecular flexibility index (Phi) is 7.97. The van der Waals surface area contributed by atoms with Gasteiger partial charge in [0.25, 0.3) is 0 Å². The van der Waals surface area contributed by atoms with Gasteiger partial charge in [-0.1, -0.05) is 0 Å². The first-order chi connectivity index (χ1) is 11.9. The summed E-state index contributed by atoms with van der Waals surface area (Å²) in [6.07, 6.45) is 1.54. The van der Waals surface area contributed by atoms with Crippen LogP contribution in [0.5, 0.6) is 0 Å². The van der Waals surface area contributed by atoms with Crippen molar-refractivity contribution in [3.63, 3.8) is 0 Å². The zero-order valence-corrected chi connectivity index (χ0v) is 16.5. The van der Waals surface area contributed by atoms with Gasteiger partial charge >= 0.3 is 0 Å². The molecule has 1 fully saturated rings. The second-order valence-corrected chi connectivity index (χ2v) is 8.52. The molecule has 0 radical (unpaired) electrons. The van der Waals surface area contributed by atoms with E-state index in [1.165, 1.54) is 4.90 Å². The van der Waals surface area contributed by atoms with Gasteiger partial charge in [-0.15, -0.1) is 0 Å². The van der Waals surface area contributed by atoms with Crippen molar-refractivity contribution in [2.45, 2.75) is 45.3 Å². The first-order valence-corrected chi connectivity index (χ1v) is 10.4. The van der Waals surface area contributed by atoms with Crippen LogP contribution < -0.4 is 15.8 Å². The molecule has 3 amide bonds. The first-order valence-electron chi connectivity index (χ1n) is 8.51. The van der Waals surface area contributed by atoms with Crippen molar-refractivity contribution in [3.05, 3.63) is 0 Å². The molecule has 1 rings (SSSR count). The lowest BCUT2D eigenvalue weighted by Gasteiger charge is -2.33. The minimum absolute atomic E-state index is 0.0954. The fourth-order valence-electron chi connectivity index (χ4n) is 2.85. The lowest BCUT2D eigenvalue weighted by molar-refractivity contribution is -0.144. The number of carbonyl (C=O) groups excluding carboxylic acids is 3. The van der Waals surface area contributed by atoms with Gasteiger partial charge in [0.2, 0.25) is 27.7 Å². The molecule has 0 bridgehead atoms. The molecule has 0 aliphatic carbocycles. The molecule has 10 nitrogen and oxygen atoms in total. The molecule has 0 aromatic carbocycles. The van der Waals surface area contributed by atoms with E-state index in [2.05, 4.69) is 10.0 Å². The molecule has 0 aromatic rings. The molecule has 0 unspecified atom stereocenters. The van der Waals surface area contributed by atoms with Gasteiger partial charge in [-0.25, -0.2) is 13.1 Å². The number of rotatable bonds is 10. The van der Waals surface area contributed by atoms with Crippen LogP contribution >= 0.6 is 0 Å². The van der Waals surface area contributed by atoms with Crippen molar-refractivity contribution >= 4 is 27.7 Å². The zero-order valence-electron chi connectivity index (χ0n) is 15.7. The second kappa shape index (κ2) is 9.28. The highest BCUT2D eigenvalue weighted by Gasteiger charge is 2.38. The fourth-order valence-corrected chi connectivity index (χ4v) is 3.31. The molecule has 2 atom stereocenters. The Morgan fingerprint density at radius 2 is 1.96 bits per heavy atom. The summed E-state index contributed by atoms with van der Waals surface area (Å²) in [5, 5.41) is 2.79. The number of primary amides is 1. The minimum atomic E-state index is -3.34. The molecule has 1 aliphatic rings. The summed E-state index contributed by atoms with van der Waals surface area (Å²) in [4.78, 5) is 39.1. The molecule has 150 valence electrons. The van der Waals surface area contributed by atoms with E-state index in [0.29, 0.717) is 13.0 Å². The van der Waals surface area contributed by atoms with E-state index in [4.69, 9.17) is 5.73 Å². The Morgan fingerprint density at radius 3 is 2.46 bits per heavy atom. The van der Waals surface area contributed by atoms with Crippen LogP contribution in [0.2, 0.25) is 0 Å². The monoisotopic (exact) mass is 391 g/mol. The molecule has 0 saturated carbocycles. The number of nitrogens with one attached hydrogen (secondary N) is 2. The maximum absolute atomic E-state index is 12.8. The highest BCUT2D eigenvalue weighted by atomic mass is 32.2. The Bertz CT molecular complexity index is 636. The number of hydrogen-bond donors (Lipinski definition) is 3. The smallest absolute Gasteiger partial charge is 0.245 e. The van der Waals surface area contributed by atoms with Crippen molar-refractivity contribution in [1.29, 1.82) is 0 Å². The summed E-state index contributed by atoms with van der Waals surface area (Å²) in [6, 6.07) is -1.35. The molecular formula is C15H29N5O5S. The van der Waals surface area contributed by atoms with Crippen LogP contribution in [0.3, 0.4) is 0 Å². The van der Waals surface area contributed by atoms with E-state index in [0.717, 1.165) is 6.26 Å². The van der Waals surface area contributed by atoms with Gasteiger partial charge in [0.15, 0.2) is 0 Å². The third-order valence-corrected chi connectivity index (χ3v) is 4.94. The molecule has 11 heteroatoms. The minimum Gasteiger partial charge on any atom is -0.369 e. The van der Waals surface area contributed by atoms with Crippen molar-refractivity contribution < 1.29 is 22.8 Å². The third-order valence-electron chi connectivity index (χ3n) is 4.21. The van der Waals surface area contributed by atoms with Gasteiger partial charge in [0.1, 0.15) is 6.04 Å². The van der Waals surface area contributed by atoms with Crippen molar-refractivity contribution in [2.75, 3.05) is 32.4 Å². The average Bonchev–Trinajstić information content (AvgIpc) is 2.87. The third kappa shape index (κ3) is 6.54. The average molecular weight is 391 g/mol. The molecule has 1 aliphatic heterocycles. The number of hydrogen-bond acceptors (Lipinski definition) is 6. The van der Waals surface area contributed by atoms with Crippen molar-refractivity contribution in [2.24, 2.45) is 5.73 Å². The van der Waals surface area contributed by atoms with Gasteiger partial charge in [-0.05, 0) is 27.2 Å². The maximum atomic E-state index is 12.8. The van der Waals surface area contributed by atoms with E-state index in [-0.39, 0.29) is 37.5 Å². The number of sulfonamides is 1. The standard InChI is InChI=1S/C15H29N5O5S/c1-10(2)19(8-6-18-26(4,24)25)14(22)11(3)20-7-5-12(15(20)23)17-9-13(16)21/h10-12,17-18H,5-9H2,1-4H3,(H2,16,21)/t11-,12-/m0/s1. The highest BCUT2D eigenvalue weighted by molar-refractivity contribution is 7.88. The molecule has 0 spiro atoms. The number of nitrogens with zero attached hydrogens (tertiary/aromatic N) is 2. The normalized spacial score (nSPS) is 19.0. The summed E-state index contributed by atoms with van der Waals surface area (Å²) >= 11 is 0. The Morgan fingerprint density at radius 1 is 1.35 bits per heavy atom. The predicted molar refractivity (Wildman–Crippen MR) is 96.5 cm³/mol. The zero-order chi connectivity index (χ0) is 20.1. The second-order valence-electron chi connectivity index (χ2n) is 6.69. The lowest BCUT2D eigenvalue weighted by atomic mass is 10.2. The summed E-state index contributed by atoms with van der Waals surface area (Å²) in [5.41, 5.74) is 5.07. The summed E-state index contributed by atoms with van der Waals surface area (Å²) in [5.74, 6) is -1.05. The van der Waals surface area contributed by atoms with Gasteiger partial charge in [0.05, 0.1) is 18.8 Å². The van der Waals surface area contributed by atoms with Crippen LogP contribution in [0.1, 0.15) is 27.2 Å². The summed E-state index contributed by atoms with van der Waals surface area (Å²) < 4.78 is 24.7. The molecular weight excluding hydrogens is 362 g/mol. The van der Waals surface area contributed by atoms with Gasteiger partial charge in [-0.2, -0.15) is 0 Å².